The van der Waals surface area contributed by atoms with Crippen molar-refractivity contribution in [1.82, 2.24) is 14.9 Å². The van der Waals surface area contributed by atoms with E-state index >= 15 is 0 Å². The molecule has 26 heavy (non-hydrogen) atoms. The van der Waals surface area contributed by atoms with Crippen molar-refractivity contribution >= 4 is 23.4 Å². The molecule has 134 valence electrons. The van der Waals surface area contributed by atoms with Gasteiger partial charge in [0.15, 0.2) is 5.82 Å². The Morgan fingerprint density at radius 3 is 2.54 bits per heavy atom. The lowest BCUT2D eigenvalue weighted by Gasteiger charge is -2.12. The van der Waals surface area contributed by atoms with Gasteiger partial charge in [-0.1, -0.05) is 23.9 Å². The topological polar surface area (TPSA) is 85.8 Å². The molecule has 0 aliphatic carbocycles. The maximum absolute atomic E-state index is 13.6. The van der Waals surface area contributed by atoms with E-state index in [0.29, 0.717) is 16.5 Å². The van der Waals surface area contributed by atoms with Crippen molar-refractivity contribution in [3.05, 3.63) is 60.2 Å². The SMILES string of the molecule is C[C@H](Sc1nnc(-c2ccc(F)cc2)n1N)C(=O)Nc1ccccc1F. The van der Waals surface area contributed by atoms with E-state index in [1.807, 2.05) is 0 Å². The fraction of sp³-hybridized carbons (Fsp3) is 0.118. The number of hydrogen-bond donors (Lipinski definition) is 2. The van der Waals surface area contributed by atoms with Crippen molar-refractivity contribution in [3.63, 3.8) is 0 Å². The summed E-state index contributed by atoms with van der Waals surface area (Å²) in [5.74, 6) is 5.04. The second-order valence-corrected chi connectivity index (χ2v) is 6.72. The van der Waals surface area contributed by atoms with Gasteiger partial charge in [0, 0.05) is 5.56 Å². The Labute approximate surface area is 152 Å². The number of carbonyl (C=O) groups excluding carboxylic acids is 1. The zero-order valence-corrected chi connectivity index (χ0v) is 14.5. The van der Waals surface area contributed by atoms with E-state index in [0.717, 1.165) is 11.8 Å². The number of amides is 1. The summed E-state index contributed by atoms with van der Waals surface area (Å²) in [6, 6.07) is 11.6. The minimum Gasteiger partial charge on any atom is -0.335 e. The van der Waals surface area contributed by atoms with Crippen LogP contribution in [0.1, 0.15) is 6.92 Å². The van der Waals surface area contributed by atoms with Crippen LogP contribution in [0.25, 0.3) is 11.4 Å². The highest BCUT2D eigenvalue weighted by molar-refractivity contribution is 8.00. The second-order valence-electron chi connectivity index (χ2n) is 5.41. The molecule has 2 aromatic carbocycles. The zero-order chi connectivity index (χ0) is 18.7. The van der Waals surface area contributed by atoms with Crippen LogP contribution >= 0.6 is 11.8 Å². The van der Waals surface area contributed by atoms with Crippen LogP contribution in [-0.4, -0.2) is 26.0 Å². The smallest absolute Gasteiger partial charge is 0.237 e. The molecule has 1 atom stereocenters. The summed E-state index contributed by atoms with van der Waals surface area (Å²) in [4.78, 5) is 12.3. The van der Waals surface area contributed by atoms with Gasteiger partial charge in [-0.25, -0.2) is 13.5 Å². The third-order valence-corrected chi connectivity index (χ3v) is 4.61. The Hall–Kier alpha value is -2.94. The van der Waals surface area contributed by atoms with Gasteiger partial charge in [-0.3, -0.25) is 4.79 Å². The molecule has 1 aromatic heterocycles. The quantitative estimate of drug-likeness (QED) is 0.529. The number of hydrogen-bond acceptors (Lipinski definition) is 5. The van der Waals surface area contributed by atoms with Gasteiger partial charge in [-0.15, -0.1) is 10.2 Å². The molecule has 3 aromatic rings. The molecule has 6 nitrogen and oxygen atoms in total. The summed E-state index contributed by atoms with van der Waals surface area (Å²) in [7, 11) is 0. The number of nitrogens with one attached hydrogen (secondary N) is 1. The first kappa shape index (κ1) is 17.9. The van der Waals surface area contributed by atoms with E-state index in [1.165, 1.54) is 47.1 Å². The average molecular weight is 375 g/mol. The van der Waals surface area contributed by atoms with Gasteiger partial charge >= 0.3 is 0 Å². The molecule has 0 aliphatic rings. The van der Waals surface area contributed by atoms with Crippen LogP contribution in [0.3, 0.4) is 0 Å². The molecule has 0 saturated heterocycles. The summed E-state index contributed by atoms with van der Waals surface area (Å²) in [5.41, 5.74) is 0.697. The maximum Gasteiger partial charge on any atom is 0.237 e. The van der Waals surface area contributed by atoms with Crippen molar-refractivity contribution in [2.24, 2.45) is 0 Å². The van der Waals surface area contributed by atoms with Gasteiger partial charge < -0.3 is 11.2 Å². The molecule has 0 fully saturated rings. The number of halogens is 2. The summed E-state index contributed by atoms with van der Waals surface area (Å²) in [6.45, 7) is 1.65. The predicted octanol–water partition coefficient (Wildman–Crippen LogP) is 3.06. The Morgan fingerprint density at radius 1 is 1.15 bits per heavy atom. The van der Waals surface area contributed by atoms with Crippen LogP contribution in [0.5, 0.6) is 0 Å². The number of para-hydroxylation sites is 1. The Kier molecular flexibility index (Phi) is 5.17. The predicted molar refractivity (Wildman–Crippen MR) is 95.9 cm³/mol. The van der Waals surface area contributed by atoms with Crippen LogP contribution < -0.4 is 11.2 Å². The highest BCUT2D eigenvalue weighted by atomic mass is 32.2. The van der Waals surface area contributed by atoms with E-state index in [4.69, 9.17) is 5.84 Å². The van der Waals surface area contributed by atoms with Gasteiger partial charge in [0.1, 0.15) is 11.6 Å². The summed E-state index contributed by atoms with van der Waals surface area (Å²) >= 11 is 1.08. The standard InChI is InChI=1S/C17H15F2N5OS/c1-10(16(25)21-14-5-3-2-4-13(14)19)26-17-23-22-15(24(17)20)11-6-8-12(18)9-7-11/h2-10H,20H2,1H3,(H,21,25)/t10-/m0/s1. The number of anilines is 1. The van der Waals surface area contributed by atoms with Crippen LogP contribution in [0.4, 0.5) is 14.5 Å². The molecule has 0 bridgehead atoms. The largest absolute Gasteiger partial charge is 0.335 e. The van der Waals surface area contributed by atoms with Gasteiger partial charge in [-0.05, 0) is 43.3 Å². The van der Waals surface area contributed by atoms with Crippen LogP contribution in [0.15, 0.2) is 53.7 Å². The fourth-order valence-electron chi connectivity index (χ4n) is 2.16. The Bertz CT molecular complexity index is 929. The van der Waals surface area contributed by atoms with E-state index in [1.54, 1.807) is 13.0 Å². The van der Waals surface area contributed by atoms with E-state index in [-0.39, 0.29) is 11.5 Å². The lowest BCUT2D eigenvalue weighted by Crippen LogP contribution is -2.24. The van der Waals surface area contributed by atoms with Crippen molar-refractivity contribution in [2.75, 3.05) is 11.2 Å². The third kappa shape index (κ3) is 3.83. The minimum atomic E-state index is -0.595. The summed E-state index contributed by atoms with van der Waals surface area (Å²) in [6.07, 6.45) is 0. The summed E-state index contributed by atoms with van der Waals surface area (Å²) < 4.78 is 27.9. The second kappa shape index (κ2) is 7.52. The monoisotopic (exact) mass is 375 g/mol. The van der Waals surface area contributed by atoms with Crippen molar-refractivity contribution < 1.29 is 13.6 Å². The summed E-state index contributed by atoms with van der Waals surface area (Å²) in [5, 5.41) is 10.2. The number of rotatable bonds is 5. The van der Waals surface area contributed by atoms with Crippen molar-refractivity contribution in [1.29, 1.82) is 0 Å². The van der Waals surface area contributed by atoms with Crippen LogP contribution in [-0.2, 0) is 4.79 Å². The third-order valence-electron chi connectivity index (χ3n) is 3.55. The number of benzene rings is 2. The Morgan fingerprint density at radius 2 is 1.85 bits per heavy atom. The lowest BCUT2D eigenvalue weighted by atomic mass is 10.2. The van der Waals surface area contributed by atoms with Gasteiger partial charge in [0.25, 0.3) is 0 Å². The lowest BCUT2D eigenvalue weighted by molar-refractivity contribution is -0.115. The molecule has 0 radical (unpaired) electrons. The average Bonchev–Trinajstić information content (AvgIpc) is 2.98. The molecule has 9 heteroatoms. The molecule has 1 heterocycles. The molecule has 1 amide bonds. The minimum absolute atomic E-state index is 0.103. The number of carbonyl (C=O) groups is 1. The molecule has 0 unspecified atom stereocenters. The first-order chi connectivity index (χ1) is 12.5. The van der Waals surface area contributed by atoms with Crippen molar-refractivity contribution in [3.8, 4) is 11.4 Å². The zero-order valence-electron chi connectivity index (χ0n) is 13.7. The highest BCUT2D eigenvalue weighted by Crippen LogP contribution is 2.26. The maximum atomic E-state index is 13.6. The van der Waals surface area contributed by atoms with E-state index in [2.05, 4.69) is 15.5 Å². The molecule has 3 rings (SSSR count). The highest BCUT2D eigenvalue weighted by Gasteiger charge is 2.20. The molecular formula is C17H15F2N5OS. The van der Waals surface area contributed by atoms with E-state index < -0.39 is 17.0 Å². The van der Waals surface area contributed by atoms with Crippen molar-refractivity contribution in [2.45, 2.75) is 17.3 Å². The first-order valence-electron chi connectivity index (χ1n) is 7.64. The first-order valence-corrected chi connectivity index (χ1v) is 8.52. The normalized spacial score (nSPS) is 12.0. The van der Waals surface area contributed by atoms with Gasteiger partial charge in [0.2, 0.25) is 11.1 Å². The molecule has 0 saturated carbocycles. The number of nitrogens with zero attached hydrogens (tertiary/aromatic N) is 3. The van der Waals surface area contributed by atoms with E-state index in [9.17, 15) is 13.6 Å². The number of thioether (sulfide) groups is 1. The van der Waals surface area contributed by atoms with Crippen LogP contribution in [0, 0.1) is 11.6 Å². The fourth-order valence-corrected chi connectivity index (χ4v) is 2.93. The van der Waals surface area contributed by atoms with Gasteiger partial charge in [-0.2, -0.15) is 0 Å². The number of aromatic nitrogens is 3. The molecule has 0 spiro atoms. The Balaban J connectivity index is 1.71. The number of nitrogens with two attached hydrogens (primary N) is 1. The van der Waals surface area contributed by atoms with Gasteiger partial charge in [0.05, 0.1) is 10.9 Å². The molecule has 3 N–H and O–H groups in total. The molecular weight excluding hydrogens is 360 g/mol. The number of nitrogen functional groups attached to an aromatic ring is 1. The molecule has 0 aliphatic heterocycles. The van der Waals surface area contributed by atoms with Crippen LogP contribution in [0.2, 0.25) is 0 Å².